The summed E-state index contributed by atoms with van der Waals surface area (Å²) < 4.78 is 5.89. The molecule has 1 aromatic heterocycles. The van der Waals surface area contributed by atoms with Crippen LogP contribution in [0.1, 0.15) is 19.3 Å². The predicted molar refractivity (Wildman–Crippen MR) is 106 cm³/mol. The lowest BCUT2D eigenvalue weighted by Crippen LogP contribution is -2.45. The van der Waals surface area contributed by atoms with E-state index in [0.29, 0.717) is 30.5 Å². The molecule has 0 aliphatic carbocycles. The van der Waals surface area contributed by atoms with Gasteiger partial charge in [-0.15, -0.1) is 0 Å². The third kappa shape index (κ3) is 4.12. The van der Waals surface area contributed by atoms with Gasteiger partial charge in [-0.1, -0.05) is 29.8 Å². The second-order valence-electron chi connectivity index (χ2n) is 7.20. The lowest BCUT2D eigenvalue weighted by atomic mass is 10.0. The van der Waals surface area contributed by atoms with Crippen LogP contribution in [0.2, 0.25) is 5.02 Å². The molecule has 6 nitrogen and oxygen atoms in total. The number of carbonyl (C=O) groups excluding carboxylic acids is 2. The average molecular weight is 400 g/mol. The Morgan fingerprint density at radius 3 is 2.54 bits per heavy atom. The van der Waals surface area contributed by atoms with Gasteiger partial charge in [-0.25, -0.2) is 4.98 Å². The highest BCUT2D eigenvalue weighted by atomic mass is 35.5. The summed E-state index contributed by atoms with van der Waals surface area (Å²) in [5, 5.41) is 0.573. The van der Waals surface area contributed by atoms with E-state index in [2.05, 4.69) is 4.98 Å². The number of aromatic nitrogens is 1. The van der Waals surface area contributed by atoms with Crippen molar-refractivity contribution in [1.29, 1.82) is 0 Å². The van der Waals surface area contributed by atoms with Gasteiger partial charge in [0.1, 0.15) is 6.10 Å². The molecule has 1 aromatic carbocycles. The molecule has 2 fully saturated rings. The smallest absolute Gasteiger partial charge is 0.228 e. The molecule has 2 amide bonds. The van der Waals surface area contributed by atoms with Crippen LogP contribution in [0.3, 0.4) is 0 Å². The van der Waals surface area contributed by atoms with Gasteiger partial charge >= 0.3 is 0 Å². The van der Waals surface area contributed by atoms with Crippen LogP contribution in [-0.4, -0.2) is 47.4 Å². The maximum absolute atomic E-state index is 12.9. The van der Waals surface area contributed by atoms with Crippen LogP contribution in [0.25, 0.3) is 0 Å². The van der Waals surface area contributed by atoms with E-state index >= 15 is 0 Å². The third-order valence-corrected chi connectivity index (χ3v) is 5.51. The molecule has 0 bridgehead atoms. The van der Waals surface area contributed by atoms with Crippen molar-refractivity contribution < 1.29 is 14.3 Å². The minimum Gasteiger partial charge on any atom is -0.474 e. The molecule has 2 aromatic rings. The molecular formula is C21H22ClN3O3. The van der Waals surface area contributed by atoms with E-state index in [1.54, 1.807) is 23.2 Å². The SMILES string of the molecule is O=C([C@H]1CC(=O)N(c2ccccc2)C1)N1CCC(Oc2ccc(Cl)cn2)CC1. The maximum Gasteiger partial charge on any atom is 0.228 e. The van der Waals surface area contributed by atoms with Crippen LogP contribution in [0.15, 0.2) is 48.7 Å². The van der Waals surface area contributed by atoms with Crippen molar-refractivity contribution in [2.45, 2.75) is 25.4 Å². The van der Waals surface area contributed by atoms with Crippen molar-refractivity contribution in [3.8, 4) is 5.88 Å². The van der Waals surface area contributed by atoms with E-state index in [0.717, 1.165) is 18.5 Å². The highest BCUT2D eigenvalue weighted by molar-refractivity contribution is 6.30. The highest BCUT2D eigenvalue weighted by Crippen LogP contribution is 2.27. The summed E-state index contributed by atoms with van der Waals surface area (Å²) in [5.41, 5.74) is 0.852. The van der Waals surface area contributed by atoms with Crippen LogP contribution in [-0.2, 0) is 9.59 Å². The van der Waals surface area contributed by atoms with Gasteiger partial charge in [0.05, 0.1) is 10.9 Å². The first-order valence-electron chi connectivity index (χ1n) is 9.52. The summed E-state index contributed by atoms with van der Waals surface area (Å²) >= 11 is 5.84. The normalized spacial score (nSPS) is 20.5. The summed E-state index contributed by atoms with van der Waals surface area (Å²) in [6, 6.07) is 13.0. The summed E-state index contributed by atoms with van der Waals surface area (Å²) in [6.45, 7) is 1.72. The van der Waals surface area contributed by atoms with Gasteiger partial charge in [0.2, 0.25) is 17.7 Å². The summed E-state index contributed by atoms with van der Waals surface area (Å²) in [7, 11) is 0. The van der Waals surface area contributed by atoms with Crippen LogP contribution >= 0.6 is 11.6 Å². The predicted octanol–water partition coefficient (Wildman–Crippen LogP) is 3.16. The first-order chi connectivity index (χ1) is 13.6. The Morgan fingerprint density at radius 1 is 1.11 bits per heavy atom. The minimum atomic E-state index is -0.275. The Kier molecular flexibility index (Phi) is 5.48. The lowest BCUT2D eigenvalue weighted by molar-refractivity contribution is -0.137. The molecule has 146 valence electrons. The van der Waals surface area contributed by atoms with Gasteiger partial charge in [0, 0.05) is 56.8 Å². The van der Waals surface area contributed by atoms with Gasteiger partial charge in [0.15, 0.2) is 0 Å². The van der Waals surface area contributed by atoms with Gasteiger partial charge in [-0.05, 0) is 18.2 Å². The molecule has 7 heteroatoms. The zero-order valence-electron chi connectivity index (χ0n) is 15.5. The second kappa shape index (κ2) is 8.19. The Bertz CT molecular complexity index is 836. The van der Waals surface area contributed by atoms with E-state index in [-0.39, 0.29) is 30.3 Å². The summed E-state index contributed by atoms with van der Waals surface area (Å²) in [6.07, 6.45) is 3.37. The minimum absolute atomic E-state index is 0.0107. The summed E-state index contributed by atoms with van der Waals surface area (Å²) in [4.78, 5) is 33.0. The van der Waals surface area contributed by atoms with Crippen molar-refractivity contribution in [3.05, 3.63) is 53.7 Å². The number of piperidine rings is 1. The fourth-order valence-corrected chi connectivity index (χ4v) is 3.90. The number of pyridine rings is 1. The number of benzene rings is 1. The largest absolute Gasteiger partial charge is 0.474 e. The van der Waals surface area contributed by atoms with Crippen LogP contribution in [0.4, 0.5) is 5.69 Å². The number of hydrogen-bond donors (Lipinski definition) is 0. The number of para-hydroxylation sites is 1. The van der Waals surface area contributed by atoms with Gasteiger partial charge in [0.25, 0.3) is 0 Å². The molecular weight excluding hydrogens is 378 g/mol. The van der Waals surface area contributed by atoms with Crippen molar-refractivity contribution in [2.75, 3.05) is 24.5 Å². The zero-order chi connectivity index (χ0) is 19.5. The fraction of sp³-hybridized carbons (Fsp3) is 0.381. The quantitative estimate of drug-likeness (QED) is 0.792. The number of rotatable bonds is 4. The van der Waals surface area contributed by atoms with Gasteiger partial charge in [-0.2, -0.15) is 0 Å². The number of likely N-dealkylation sites (tertiary alicyclic amines) is 1. The van der Waals surface area contributed by atoms with E-state index in [1.165, 1.54) is 0 Å². The van der Waals surface area contributed by atoms with Crippen molar-refractivity contribution in [1.82, 2.24) is 9.88 Å². The monoisotopic (exact) mass is 399 g/mol. The fourth-order valence-electron chi connectivity index (χ4n) is 3.79. The molecule has 2 saturated heterocycles. The Labute approximate surface area is 169 Å². The molecule has 0 N–H and O–H groups in total. The first-order valence-corrected chi connectivity index (χ1v) is 9.90. The molecule has 0 radical (unpaired) electrons. The molecule has 28 heavy (non-hydrogen) atoms. The molecule has 3 heterocycles. The standard InChI is InChI=1S/C21H22ClN3O3/c22-16-6-7-19(23-13-16)28-18-8-10-24(11-9-18)21(27)15-12-20(26)25(14-15)17-4-2-1-3-5-17/h1-7,13,15,18H,8-12,14H2/t15-/m0/s1. The van der Waals surface area contributed by atoms with E-state index in [1.807, 2.05) is 35.2 Å². The lowest BCUT2D eigenvalue weighted by Gasteiger charge is -2.33. The van der Waals surface area contributed by atoms with Crippen LogP contribution in [0, 0.1) is 5.92 Å². The number of ether oxygens (including phenoxy) is 1. The topological polar surface area (TPSA) is 62.7 Å². The van der Waals surface area contributed by atoms with Crippen LogP contribution < -0.4 is 9.64 Å². The van der Waals surface area contributed by atoms with E-state index in [9.17, 15) is 9.59 Å². The molecule has 2 aliphatic rings. The van der Waals surface area contributed by atoms with E-state index in [4.69, 9.17) is 16.3 Å². The number of halogens is 1. The number of anilines is 1. The second-order valence-corrected chi connectivity index (χ2v) is 7.63. The molecule has 2 aliphatic heterocycles. The Hall–Kier alpha value is -2.60. The molecule has 0 spiro atoms. The number of hydrogen-bond acceptors (Lipinski definition) is 4. The third-order valence-electron chi connectivity index (χ3n) is 5.28. The molecule has 4 rings (SSSR count). The van der Waals surface area contributed by atoms with Gasteiger partial charge in [-0.3, -0.25) is 9.59 Å². The Morgan fingerprint density at radius 2 is 1.86 bits per heavy atom. The van der Waals surface area contributed by atoms with Crippen molar-refractivity contribution in [3.63, 3.8) is 0 Å². The Balaban J connectivity index is 1.30. The molecule has 0 saturated carbocycles. The average Bonchev–Trinajstić information content (AvgIpc) is 3.12. The first kappa shape index (κ1) is 18.7. The number of nitrogens with zero attached hydrogens (tertiary/aromatic N) is 3. The molecule has 1 atom stereocenters. The molecule has 0 unspecified atom stereocenters. The van der Waals surface area contributed by atoms with Gasteiger partial charge < -0.3 is 14.5 Å². The van der Waals surface area contributed by atoms with Crippen molar-refractivity contribution in [2.24, 2.45) is 5.92 Å². The van der Waals surface area contributed by atoms with E-state index < -0.39 is 0 Å². The zero-order valence-corrected chi connectivity index (χ0v) is 16.2. The highest BCUT2D eigenvalue weighted by Gasteiger charge is 2.38. The number of carbonyl (C=O) groups is 2. The number of amides is 2. The van der Waals surface area contributed by atoms with Crippen molar-refractivity contribution >= 4 is 29.1 Å². The van der Waals surface area contributed by atoms with Crippen LogP contribution in [0.5, 0.6) is 5.88 Å². The summed E-state index contributed by atoms with van der Waals surface area (Å²) in [5.74, 6) is 0.351. The maximum atomic E-state index is 12.9.